The second kappa shape index (κ2) is 9.95. The summed E-state index contributed by atoms with van der Waals surface area (Å²) < 4.78 is 1.72. The van der Waals surface area contributed by atoms with Crippen molar-refractivity contribution in [1.29, 1.82) is 0 Å². The van der Waals surface area contributed by atoms with Gasteiger partial charge in [-0.1, -0.05) is 12.1 Å². The van der Waals surface area contributed by atoms with Gasteiger partial charge in [-0.2, -0.15) is 0 Å². The normalized spacial score (nSPS) is 19.8. The van der Waals surface area contributed by atoms with Crippen molar-refractivity contribution < 1.29 is 9.90 Å². The number of pyridine rings is 1. The SMILES string of the molecule is Cc1cccc2c1cc(C(=O)NCC1CCN(CC3(O)CCNCC3)CC1)c(=O)n2C(C)C. The van der Waals surface area contributed by atoms with Crippen LogP contribution in [0.25, 0.3) is 10.9 Å². The lowest BCUT2D eigenvalue weighted by molar-refractivity contribution is -0.0275. The molecule has 2 fully saturated rings. The zero-order valence-corrected chi connectivity index (χ0v) is 20.2. The van der Waals surface area contributed by atoms with Crippen LogP contribution in [0, 0.1) is 12.8 Å². The first-order valence-corrected chi connectivity index (χ1v) is 12.4. The van der Waals surface area contributed by atoms with Gasteiger partial charge in [0.05, 0.1) is 11.1 Å². The van der Waals surface area contributed by atoms with E-state index in [1.54, 1.807) is 10.6 Å². The Kier molecular flexibility index (Phi) is 7.22. The minimum atomic E-state index is -0.573. The number of aromatic nitrogens is 1. The van der Waals surface area contributed by atoms with E-state index in [2.05, 4.69) is 15.5 Å². The molecule has 2 aromatic rings. The van der Waals surface area contributed by atoms with E-state index in [1.807, 2.05) is 39.0 Å². The van der Waals surface area contributed by atoms with Crippen molar-refractivity contribution in [2.75, 3.05) is 39.3 Å². The van der Waals surface area contributed by atoms with Crippen molar-refractivity contribution in [2.24, 2.45) is 5.92 Å². The first-order chi connectivity index (χ1) is 15.8. The Morgan fingerprint density at radius 3 is 2.61 bits per heavy atom. The van der Waals surface area contributed by atoms with Gasteiger partial charge in [-0.15, -0.1) is 0 Å². The molecule has 7 nitrogen and oxygen atoms in total. The maximum Gasteiger partial charge on any atom is 0.264 e. The Labute approximate surface area is 196 Å². The van der Waals surface area contributed by atoms with E-state index in [0.717, 1.165) is 74.9 Å². The van der Waals surface area contributed by atoms with Gasteiger partial charge < -0.3 is 25.2 Å². The molecule has 2 aliphatic heterocycles. The molecule has 3 N–H and O–H groups in total. The van der Waals surface area contributed by atoms with Gasteiger partial charge in [0.1, 0.15) is 5.56 Å². The third-order valence-electron chi connectivity index (χ3n) is 7.37. The number of nitrogens with one attached hydrogen (secondary N) is 2. The number of hydrogen-bond acceptors (Lipinski definition) is 5. The second-order valence-corrected chi connectivity index (χ2v) is 10.2. The molecule has 4 rings (SSSR count). The van der Waals surface area contributed by atoms with Crippen LogP contribution in [-0.2, 0) is 0 Å². The monoisotopic (exact) mass is 454 g/mol. The maximum atomic E-state index is 13.2. The molecule has 0 bridgehead atoms. The smallest absolute Gasteiger partial charge is 0.264 e. The quantitative estimate of drug-likeness (QED) is 0.624. The molecule has 0 aliphatic carbocycles. The molecule has 0 spiro atoms. The summed E-state index contributed by atoms with van der Waals surface area (Å²) in [6.07, 6.45) is 3.59. The van der Waals surface area contributed by atoms with Gasteiger partial charge in [0.25, 0.3) is 11.5 Å². The molecule has 0 unspecified atom stereocenters. The Morgan fingerprint density at radius 2 is 1.94 bits per heavy atom. The lowest BCUT2D eigenvalue weighted by Gasteiger charge is -2.40. The number of β-amino-alcohol motifs (C(OH)–C–C–N with tert-alkyl or cyclic N) is 1. The second-order valence-electron chi connectivity index (χ2n) is 10.2. The number of piperidine rings is 2. The zero-order chi connectivity index (χ0) is 23.6. The third-order valence-corrected chi connectivity index (χ3v) is 7.37. The number of likely N-dealkylation sites (tertiary alicyclic amines) is 1. The minimum absolute atomic E-state index is 0.0337. The molecule has 0 radical (unpaired) electrons. The van der Waals surface area contributed by atoms with Crippen LogP contribution in [0.2, 0.25) is 0 Å². The number of carbonyl (C=O) groups excluding carboxylic acids is 1. The topological polar surface area (TPSA) is 86.6 Å². The fraction of sp³-hybridized carbons (Fsp3) is 0.615. The summed E-state index contributed by atoms with van der Waals surface area (Å²) in [7, 11) is 0. The molecule has 0 saturated carbocycles. The van der Waals surface area contributed by atoms with Gasteiger partial charge in [0, 0.05) is 24.5 Å². The number of carbonyl (C=O) groups is 1. The molecule has 3 heterocycles. The summed E-state index contributed by atoms with van der Waals surface area (Å²) in [4.78, 5) is 28.5. The fourth-order valence-electron chi connectivity index (χ4n) is 5.33. The van der Waals surface area contributed by atoms with Crippen LogP contribution in [0.15, 0.2) is 29.1 Å². The van der Waals surface area contributed by atoms with Gasteiger partial charge in [-0.3, -0.25) is 9.59 Å². The largest absolute Gasteiger partial charge is 0.388 e. The maximum absolute atomic E-state index is 13.2. The van der Waals surface area contributed by atoms with E-state index >= 15 is 0 Å². The average molecular weight is 455 g/mol. The Balaban J connectivity index is 1.38. The van der Waals surface area contributed by atoms with Crippen LogP contribution in [0.4, 0.5) is 0 Å². The Bertz CT molecular complexity index is 1050. The van der Waals surface area contributed by atoms with Gasteiger partial charge in [0.2, 0.25) is 0 Å². The van der Waals surface area contributed by atoms with Crippen LogP contribution in [0.3, 0.4) is 0 Å². The highest BCUT2D eigenvalue weighted by Gasteiger charge is 2.32. The summed E-state index contributed by atoms with van der Waals surface area (Å²) in [5, 5.41) is 18.1. The zero-order valence-electron chi connectivity index (χ0n) is 20.2. The molecular formula is C26H38N4O3. The van der Waals surface area contributed by atoms with E-state index in [-0.39, 0.29) is 23.1 Å². The van der Waals surface area contributed by atoms with Gasteiger partial charge >= 0.3 is 0 Å². The van der Waals surface area contributed by atoms with Crippen molar-refractivity contribution in [3.05, 3.63) is 45.7 Å². The summed E-state index contributed by atoms with van der Waals surface area (Å²) in [5.74, 6) is 0.105. The predicted molar refractivity (Wildman–Crippen MR) is 132 cm³/mol. The summed E-state index contributed by atoms with van der Waals surface area (Å²) in [6, 6.07) is 7.62. The first kappa shape index (κ1) is 23.9. The molecular weight excluding hydrogens is 416 g/mol. The number of aliphatic hydroxyl groups is 1. The number of benzene rings is 1. The van der Waals surface area contributed by atoms with Crippen LogP contribution in [0.5, 0.6) is 0 Å². The van der Waals surface area contributed by atoms with Crippen molar-refractivity contribution in [3.63, 3.8) is 0 Å². The van der Waals surface area contributed by atoms with Crippen molar-refractivity contribution >= 4 is 16.8 Å². The van der Waals surface area contributed by atoms with Crippen LogP contribution >= 0.6 is 0 Å². The lowest BCUT2D eigenvalue weighted by atomic mass is 9.90. The highest BCUT2D eigenvalue weighted by molar-refractivity contribution is 5.98. The molecule has 33 heavy (non-hydrogen) atoms. The molecule has 1 aromatic carbocycles. The number of rotatable bonds is 6. The Hall–Kier alpha value is -2.22. The number of amides is 1. The van der Waals surface area contributed by atoms with E-state index in [0.29, 0.717) is 12.5 Å². The number of aryl methyl sites for hydroxylation is 1. The Morgan fingerprint density at radius 1 is 1.24 bits per heavy atom. The third kappa shape index (κ3) is 5.31. The fourth-order valence-corrected chi connectivity index (χ4v) is 5.33. The van der Waals surface area contributed by atoms with Crippen molar-refractivity contribution in [3.8, 4) is 0 Å². The molecule has 1 aromatic heterocycles. The summed E-state index contributed by atoms with van der Waals surface area (Å²) in [6.45, 7) is 10.9. The lowest BCUT2D eigenvalue weighted by Crippen LogP contribution is -2.51. The van der Waals surface area contributed by atoms with Gasteiger partial charge in [-0.25, -0.2) is 0 Å². The van der Waals surface area contributed by atoms with Crippen LogP contribution in [-0.4, -0.2) is 65.4 Å². The minimum Gasteiger partial charge on any atom is -0.388 e. The number of fused-ring (bicyclic) bond motifs is 1. The van der Waals surface area contributed by atoms with Crippen molar-refractivity contribution in [2.45, 2.75) is 58.1 Å². The predicted octanol–water partition coefficient (Wildman–Crippen LogP) is 2.45. The number of nitrogens with zero attached hydrogens (tertiary/aromatic N) is 2. The summed E-state index contributed by atoms with van der Waals surface area (Å²) >= 11 is 0. The molecule has 0 atom stereocenters. The van der Waals surface area contributed by atoms with E-state index < -0.39 is 5.60 Å². The first-order valence-electron chi connectivity index (χ1n) is 12.4. The molecule has 2 aliphatic rings. The summed E-state index contributed by atoms with van der Waals surface area (Å²) in [5.41, 5.74) is 1.34. The molecule has 2 saturated heterocycles. The van der Waals surface area contributed by atoms with Crippen LogP contribution < -0.4 is 16.2 Å². The standard InChI is InChI=1S/C26H38N4O3/c1-18(2)30-23-6-4-5-19(3)21(23)15-22(25(30)32)24(31)28-16-20-7-13-29(14-8-20)17-26(33)9-11-27-12-10-26/h4-6,15,18,20,27,33H,7-14,16-17H2,1-3H3,(H,28,31). The van der Waals surface area contributed by atoms with Crippen LogP contribution in [0.1, 0.15) is 61.5 Å². The van der Waals surface area contributed by atoms with E-state index in [1.165, 1.54) is 0 Å². The van der Waals surface area contributed by atoms with Gasteiger partial charge in [0.15, 0.2) is 0 Å². The van der Waals surface area contributed by atoms with Gasteiger partial charge in [-0.05, 0) is 96.2 Å². The van der Waals surface area contributed by atoms with E-state index in [4.69, 9.17) is 0 Å². The number of hydrogen-bond donors (Lipinski definition) is 3. The molecule has 180 valence electrons. The molecule has 1 amide bonds. The average Bonchev–Trinajstić information content (AvgIpc) is 2.78. The highest BCUT2D eigenvalue weighted by Crippen LogP contribution is 2.24. The van der Waals surface area contributed by atoms with E-state index in [9.17, 15) is 14.7 Å². The molecule has 7 heteroatoms. The highest BCUT2D eigenvalue weighted by atomic mass is 16.3. The van der Waals surface area contributed by atoms with Crippen molar-refractivity contribution in [1.82, 2.24) is 20.1 Å².